The van der Waals surface area contributed by atoms with E-state index < -0.39 is 0 Å². The molecule has 2 aliphatic rings. The van der Waals surface area contributed by atoms with E-state index in [-0.39, 0.29) is 5.92 Å². The van der Waals surface area contributed by atoms with Gasteiger partial charge in [-0.25, -0.2) is 4.98 Å². The molecule has 6 nitrogen and oxygen atoms in total. The Hall–Kier alpha value is -4.37. The van der Waals surface area contributed by atoms with Crippen molar-refractivity contribution in [3.8, 4) is 28.6 Å². The lowest BCUT2D eigenvalue weighted by Crippen LogP contribution is -2.30. The Kier molecular flexibility index (Phi) is 5.10. The van der Waals surface area contributed by atoms with Gasteiger partial charge in [0.1, 0.15) is 11.4 Å². The molecule has 1 amide bonds. The maximum Gasteiger partial charge on any atom is 0.225 e. The number of carbonyl (C=O) groups excluding carboxylic acids is 1. The number of benzene rings is 3. The van der Waals surface area contributed by atoms with Gasteiger partial charge in [-0.15, -0.1) is 0 Å². The van der Waals surface area contributed by atoms with Gasteiger partial charge in [-0.05, 0) is 72.7 Å². The van der Waals surface area contributed by atoms with Crippen molar-refractivity contribution in [3.63, 3.8) is 0 Å². The van der Waals surface area contributed by atoms with Crippen molar-refractivity contribution < 1.29 is 9.21 Å². The summed E-state index contributed by atoms with van der Waals surface area (Å²) in [6.45, 7) is 2.45. The smallest absolute Gasteiger partial charge is 0.225 e. The number of carbonyl (C=O) groups is 1. The summed E-state index contributed by atoms with van der Waals surface area (Å²) in [6, 6.07) is 24.7. The summed E-state index contributed by atoms with van der Waals surface area (Å²) in [5.74, 6) is 1.88. The molecule has 3 heterocycles. The maximum atomic E-state index is 12.6. The summed E-state index contributed by atoms with van der Waals surface area (Å²) in [5.41, 5.74) is 6.64. The standard InChI is InChI=1S/C31H26N4O2/c32-17-20-1-9-28-27(15-20)33-30(35(28)19-21-11-13-34(18-21)31(36)24-6-7-24)23-4-2-22(3-5-23)25-8-10-29-26(16-25)12-14-37-29/h1-5,8-10,12,14-16,21,24H,6-7,11,13,18-19H2/t21-/m0/s1. The first kappa shape index (κ1) is 21.9. The maximum absolute atomic E-state index is 12.6. The van der Waals surface area contributed by atoms with Crippen molar-refractivity contribution in [2.45, 2.75) is 25.8 Å². The summed E-state index contributed by atoms with van der Waals surface area (Å²) in [7, 11) is 0. The SMILES string of the molecule is N#Cc1ccc2c(c1)nc(-c1ccc(-c3ccc4occc4c3)cc1)n2C[C@H]1CCN(C(=O)C2CC2)C1. The van der Waals surface area contributed by atoms with Crippen LogP contribution in [-0.4, -0.2) is 33.4 Å². The zero-order valence-electron chi connectivity index (χ0n) is 20.4. The third-order valence-electron chi connectivity index (χ3n) is 7.77. The van der Waals surface area contributed by atoms with Crippen LogP contribution in [0, 0.1) is 23.2 Å². The molecule has 0 unspecified atom stereocenters. The van der Waals surface area contributed by atoms with E-state index in [1.807, 2.05) is 30.3 Å². The number of amides is 1. The Bertz CT molecular complexity index is 1680. The Balaban J connectivity index is 1.22. The number of hydrogen-bond donors (Lipinski definition) is 0. The van der Waals surface area contributed by atoms with E-state index in [9.17, 15) is 10.1 Å². The van der Waals surface area contributed by atoms with Crippen LogP contribution in [0.1, 0.15) is 24.8 Å². The summed E-state index contributed by atoms with van der Waals surface area (Å²) in [5, 5.41) is 10.5. The molecule has 0 N–H and O–H groups in total. The summed E-state index contributed by atoms with van der Waals surface area (Å²) >= 11 is 0. The normalized spacial score (nSPS) is 17.5. The second-order valence-electron chi connectivity index (χ2n) is 10.3. The van der Waals surface area contributed by atoms with Crippen LogP contribution in [-0.2, 0) is 11.3 Å². The van der Waals surface area contributed by atoms with E-state index in [0.29, 0.717) is 17.4 Å². The highest BCUT2D eigenvalue weighted by atomic mass is 16.3. The van der Waals surface area contributed by atoms with Crippen LogP contribution < -0.4 is 0 Å². The Morgan fingerprint density at radius 1 is 0.973 bits per heavy atom. The number of hydrogen-bond acceptors (Lipinski definition) is 4. The summed E-state index contributed by atoms with van der Waals surface area (Å²) in [6.07, 6.45) is 4.81. The minimum absolute atomic E-state index is 0.264. The minimum atomic E-state index is 0.264. The average Bonchev–Trinajstić information content (AvgIpc) is 3.33. The van der Waals surface area contributed by atoms with Crippen LogP contribution in [0.3, 0.4) is 0 Å². The van der Waals surface area contributed by atoms with E-state index in [4.69, 9.17) is 9.40 Å². The average molecular weight is 487 g/mol. The van der Waals surface area contributed by atoms with Crippen LogP contribution >= 0.6 is 0 Å². The van der Waals surface area contributed by atoms with Gasteiger partial charge < -0.3 is 13.9 Å². The van der Waals surface area contributed by atoms with Gasteiger partial charge in [0, 0.05) is 36.5 Å². The van der Waals surface area contributed by atoms with Crippen molar-refractivity contribution >= 4 is 27.9 Å². The number of fused-ring (bicyclic) bond motifs is 2. The number of nitrogens with zero attached hydrogens (tertiary/aromatic N) is 4. The van der Waals surface area contributed by atoms with E-state index in [2.05, 4.69) is 51.9 Å². The molecule has 1 aliphatic heterocycles. The van der Waals surface area contributed by atoms with Crippen LogP contribution in [0.4, 0.5) is 0 Å². The zero-order chi connectivity index (χ0) is 24.9. The van der Waals surface area contributed by atoms with Crippen molar-refractivity contribution in [3.05, 3.63) is 78.6 Å². The van der Waals surface area contributed by atoms with Crippen LogP contribution in [0.15, 0.2) is 77.4 Å². The molecule has 0 spiro atoms. The molecule has 1 aliphatic carbocycles. The molecule has 1 atom stereocenters. The third-order valence-corrected chi connectivity index (χ3v) is 7.77. The van der Waals surface area contributed by atoms with E-state index >= 15 is 0 Å². The molecule has 6 heteroatoms. The fourth-order valence-corrected chi connectivity index (χ4v) is 5.59. The highest BCUT2D eigenvalue weighted by Crippen LogP contribution is 2.35. The number of furan rings is 1. The first-order valence-corrected chi connectivity index (χ1v) is 12.9. The molecule has 1 saturated carbocycles. The highest BCUT2D eigenvalue weighted by Gasteiger charge is 2.36. The van der Waals surface area contributed by atoms with Crippen molar-refractivity contribution in [2.75, 3.05) is 13.1 Å². The number of rotatable bonds is 5. The molecule has 1 saturated heterocycles. The van der Waals surface area contributed by atoms with E-state index in [1.165, 1.54) is 0 Å². The Labute approximate surface area is 214 Å². The molecule has 182 valence electrons. The topological polar surface area (TPSA) is 75.1 Å². The van der Waals surface area contributed by atoms with Crippen LogP contribution in [0.25, 0.3) is 44.5 Å². The van der Waals surface area contributed by atoms with Crippen molar-refractivity contribution in [1.82, 2.24) is 14.5 Å². The Morgan fingerprint density at radius 2 is 1.78 bits per heavy atom. The van der Waals surface area contributed by atoms with Crippen LogP contribution in [0.5, 0.6) is 0 Å². The van der Waals surface area contributed by atoms with Gasteiger partial charge in [-0.2, -0.15) is 5.26 Å². The van der Waals surface area contributed by atoms with Gasteiger partial charge in [0.15, 0.2) is 0 Å². The lowest BCUT2D eigenvalue weighted by atomic mass is 10.0. The van der Waals surface area contributed by atoms with Gasteiger partial charge in [-0.3, -0.25) is 4.79 Å². The molecule has 37 heavy (non-hydrogen) atoms. The highest BCUT2D eigenvalue weighted by molar-refractivity contribution is 5.85. The fraction of sp³-hybridized carbons (Fsp3) is 0.258. The monoisotopic (exact) mass is 486 g/mol. The predicted molar refractivity (Wildman–Crippen MR) is 143 cm³/mol. The van der Waals surface area contributed by atoms with Gasteiger partial charge >= 0.3 is 0 Å². The van der Waals surface area contributed by atoms with Gasteiger partial charge in [0.05, 0.1) is 28.9 Å². The van der Waals surface area contributed by atoms with E-state index in [1.54, 1.807) is 6.26 Å². The Morgan fingerprint density at radius 3 is 2.59 bits per heavy atom. The number of nitriles is 1. The quantitative estimate of drug-likeness (QED) is 0.294. The molecule has 2 aromatic heterocycles. The lowest BCUT2D eigenvalue weighted by molar-refractivity contribution is -0.131. The largest absolute Gasteiger partial charge is 0.464 e. The number of aromatic nitrogens is 2. The molecule has 0 bridgehead atoms. The van der Waals surface area contributed by atoms with E-state index in [0.717, 1.165) is 83.4 Å². The van der Waals surface area contributed by atoms with Gasteiger partial charge in [0.2, 0.25) is 5.91 Å². The zero-order valence-corrected chi connectivity index (χ0v) is 20.4. The summed E-state index contributed by atoms with van der Waals surface area (Å²) in [4.78, 5) is 19.6. The first-order valence-electron chi connectivity index (χ1n) is 12.9. The summed E-state index contributed by atoms with van der Waals surface area (Å²) < 4.78 is 7.76. The van der Waals surface area contributed by atoms with Gasteiger partial charge in [0.25, 0.3) is 0 Å². The lowest BCUT2D eigenvalue weighted by Gasteiger charge is -2.18. The third kappa shape index (κ3) is 3.97. The minimum Gasteiger partial charge on any atom is -0.464 e. The molecule has 3 aromatic carbocycles. The second-order valence-corrected chi connectivity index (χ2v) is 10.3. The molecule has 2 fully saturated rings. The first-order chi connectivity index (χ1) is 18.2. The molecule has 0 radical (unpaired) electrons. The van der Waals surface area contributed by atoms with Crippen molar-refractivity contribution in [1.29, 1.82) is 5.26 Å². The predicted octanol–water partition coefficient (Wildman–Crippen LogP) is 6.25. The van der Waals surface area contributed by atoms with Crippen molar-refractivity contribution in [2.24, 2.45) is 11.8 Å². The van der Waals surface area contributed by atoms with Crippen LogP contribution in [0.2, 0.25) is 0 Å². The van der Waals surface area contributed by atoms with Gasteiger partial charge in [-0.1, -0.05) is 30.3 Å². The molecular formula is C31H26N4O2. The molecule has 7 rings (SSSR count). The second kappa shape index (κ2) is 8.63. The molecule has 5 aromatic rings. The fourth-order valence-electron chi connectivity index (χ4n) is 5.59. The number of likely N-dealkylation sites (tertiary alicyclic amines) is 1. The molecular weight excluding hydrogens is 460 g/mol. The number of imidazole rings is 1.